The Balaban J connectivity index is 2.13. The molecule has 1 heterocycles. The van der Waals surface area contributed by atoms with Gasteiger partial charge in [-0.15, -0.1) is 0 Å². The van der Waals surface area contributed by atoms with E-state index in [1.54, 1.807) is 0 Å². The second kappa shape index (κ2) is 4.54. The monoisotopic (exact) mass is 256 g/mol. The predicted octanol–water partition coefficient (Wildman–Crippen LogP) is 1.91. The molecule has 1 aliphatic heterocycles. The van der Waals surface area contributed by atoms with Gasteiger partial charge >= 0.3 is 70.5 Å². The molecular formula is C8H17IO. The molecule has 1 fully saturated rings. The SMILES string of the molecule is CC1CCI(CCO)CC1. The van der Waals surface area contributed by atoms with E-state index >= 15 is 0 Å². The van der Waals surface area contributed by atoms with Crippen molar-refractivity contribution in [1.29, 1.82) is 0 Å². The number of aliphatic hydroxyl groups is 1. The van der Waals surface area contributed by atoms with Gasteiger partial charge in [0.15, 0.2) is 0 Å². The molecule has 0 aromatic heterocycles. The number of aliphatic hydroxyl groups excluding tert-OH is 1. The summed E-state index contributed by atoms with van der Waals surface area (Å²) in [5, 5.41) is 8.72. The summed E-state index contributed by atoms with van der Waals surface area (Å²) in [5.41, 5.74) is 0. The van der Waals surface area contributed by atoms with E-state index in [2.05, 4.69) is 6.92 Å². The summed E-state index contributed by atoms with van der Waals surface area (Å²) < 4.78 is 4.20. The van der Waals surface area contributed by atoms with Crippen LogP contribution in [0.15, 0.2) is 0 Å². The summed E-state index contributed by atoms with van der Waals surface area (Å²) in [4.78, 5) is 0. The molecular weight excluding hydrogens is 239 g/mol. The van der Waals surface area contributed by atoms with Crippen LogP contribution in [-0.4, -0.2) is 25.0 Å². The van der Waals surface area contributed by atoms with E-state index in [1.165, 1.54) is 26.1 Å². The van der Waals surface area contributed by atoms with E-state index in [0.29, 0.717) is 6.61 Å². The minimum absolute atomic E-state index is 0.458. The Kier molecular flexibility index (Phi) is 3.99. The number of halogens is 1. The zero-order valence-electron chi connectivity index (χ0n) is 6.65. The van der Waals surface area contributed by atoms with Crippen LogP contribution in [0.25, 0.3) is 0 Å². The van der Waals surface area contributed by atoms with Gasteiger partial charge in [-0.1, -0.05) is 0 Å². The van der Waals surface area contributed by atoms with Gasteiger partial charge in [-0.05, 0) is 0 Å². The van der Waals surface area contributed by atoms with E-state index in [4.69, 9.17) is 5.11 Å². The van der Waals surface area contributed by atoms with Crippen molar-refractivity contribution in [1.82, 2.24) is 0 Å². The Hall–Kier alpha value is 0.690. The molecule has 2 heteroatoms. The van der Waals surface area contributed by atoms with Crippen molar-refractivity contribution in [2.75, 3.05) is 19.9 Å². The topological polar surface area (TPSA) is 20.2 Å². The van der Waals surface area contributed by atoms with Crippen molar-refractivity contribution in [2.24, 2.45) is 5.92 Å². The quantitative estimate of drug-likeness (QED) is 0.591. The Morgan fingerprint density at radius 2 is 2.00 bits per heavy atom. The molecule has 0 aliphatic carbocycles. The van der Waals surface area contributed by atoms with Crippen LogP contribution in [-0.2, 0) is 0 Å². The van der Waals surface area contributed by atoms with Gasteiger partial charge in [-0.3, -0.25) is 0 Å². The summed E-state index contributed by atoms with van der Waals surface area (Å²) in [6.45, 7) is 2.81. The molecule has 0 aromatic carbocycles. The first-order chi connectivity index (χ1) is 4.83. The van der Waals surface area contributed by atoms with Crippen LogP contribution < -0.4 is 0 Å². The Morgan fingerprint density at radius 1 is 1.40 bits per heavy atom. The van der Waals surface area contributed by atoms with Crippen molar-refractivity contribution in [3.63, 3.8) is 0 Å². The van der Waals surface area contributed by atoms with Gasteiger partial charge < -0.3 is 0 Å². The molecule has 1 saturated heterocycles. The molecule has 0 saturated carbocycles. The van der Waals surface area contributed by atoms with E-state index in [9.17, 15) is 0 Å². The molecule has 0 aromatic rings. The molecule has 0 amide bonds. The van der Waals surface area contributed by atoms with Crippen LogP contribution >= 0.6 is 19.8 Å². The summed E-state index contributed by atoms with van der Waals surface area (Å²) >= 11 is -0.575. The second-order valence-corrected chi connectivity index (χ2v) is 9.51. The zero-order chi connectivity index (χ0) is 7.40. The molecule has 1 aliphatic rings. The molecule has 62 valence electrons. The number of rotatable bonds is 2. The summed E-state index contributed by atoms with van der Waals surface area (Å²) in [7, 11) is 0. The first-order valence-corrected chi connectivity index (χ1v) is 8.59. The van der Waals surface area contributed by atoms with Gasteiger partial charge in [0.2, 0.25) is 0 Å². The van der Waals surface area contributed by atoms with Crippen LogP contribution in [0.5, 0.6) is 0 Å². The van der Waals surface area contributed by atoms with Crippen LogP contribution in [0.1, 0.15) is 19.8 Å². The van der Waals surface area contributed by atoms with E-state index in [1.807, 2.05) is 0 Å². The standard InChI is InChI=1S/C8H17IO/c1-8-2-4-9(5-3-8)6-7-10/h8,10H,2-7H2,1H3. The van der Waals surface area contributed by atoms with Crippen molar-refractivity contribution in [2.45, 2.75) is 19.8 Å². The molecule has 0 atom stereocenters. The molecule has 1 rings (SSSR count). The van der Waals surface area contributed by atoms with Gasteiger partial charge in [0.25, 0.3) is 0 Å². The Labute approximate surface area is 70.6 Å². The van der Waals surface area contributed by atoms with Crippen molar-refractivity contribution < 1.29 is 5.11 Å². The van der Waals surface area contributed by atoms with Gasteiger partial charge in [-0.25, -0.2) is 0 Å². The normalized spacial score (nSPS) is 25.2. The molecule has 0 radical (unpaired) electrons. The first-order valence-electron chi connectivity index (χ1n) is 4.01. The Morgan fingerprint density at radius 3 is 2.50 bits per heavy atom. The Bertz CT molecular complexity index is 87.3. The second-order valence-electron chi connectivity index (χ2n) is 3.04. The number of alkyl halides is 3. The third-order valence-corrected chi connectivity index (χ3v) is 8.39. The van der Waals surface area contributed by atoms with E-state index in [-0.39, 0.29) is 0 Å². The summed E-state index contributed by atoms with van der Waals surface area (Å²) in [6, 6.07) is 0. The third-order valence-electron chi connectivity index (χ3n) is 2.09. The average Bonchev–Trinajstić information content (AvgIpc) is 1.95. The average molecular weight is 256 g/mol. The number of hydrogen-bond donors (Lipinski definition) is 1. The minimum atomic E-state index is -0.575. The van der Waals surface area contributed by atoms with Gasteiger partial charge in [-0.2, -0.15) is 0 Å². The van der Waals surface area contributed by atoms with Crippen molar-refractivity contribution in [3.8, 4) is 0 Å². The maximum absolute atomic E-state index is 8.72. The molecule has 0 unspecified atom stereocenters. The molecule has 10 heavy (non-hydrogen) atoms. The fourth-order valence-corrected chi connectivity index (χ4v) is 7.42. The zero-order valence-corrected chi connectivity index (χ0v) is 8.80. The van der Waals surface area contributed by atoms with Crippen LogP contribution in [0, 0.1) is 5.92 Å². The van der Waals surface area contributed by atoms with Crippen LogP contribution in [0.2, 0.25) is 0 Å². The molecule has 1 N–H and O–H groups in total. The fourth-order valence-electron chi connectivity index (χ4n) is 1.23. The molecule has 0 spiro atoms. The third kappa shape index (κ3) is 2.74. The fraction of sp³-hybridized carbons (Fsp3) is 1.00. The molecule has 0 bridgehead atoms. The van der Waals surface area contributed by atoms with Gasteiger partial charge in [0.05, 0.1) is 0 Å². The van der Waals surface area contributed by atoms with Gasteiger partial charge in [0, 0.05) is 0 Å². The maximum atomic E-state index is 8.72. The van der Waals surface area contributed by atoms with Crippen LogP contribution in [0.4, 0.5) is 0 Å². The van der Waals surface area contributed by atoms with E-state index in [0.717, 1.165) is 5.92 Å². The predicted molar refractivity (Wildman–Crippen MR) is 54.1 cm³/mol. The summed E-state index contributed by atoms with van der Waals surface area (Å²) in [6.07, 6.45) is 2.90. The summed E-state index contributed by atoms with van der Waals surface area (Å²) in [5.74, 6) is 0.979. The van der Waals surface area contributed by atoms with Gasteiger partial charge in [0.1, 0.15) is 0 Å². The van der Waals surface area contributed by atoms with Crippen LogP contribution in [0.3, 0.4) is 0 Å². The number of hydrogen-bond acceptors (Lipinski definition) is 1. The van der Waals surface area contributed by atoms with Crippen molar-refractivity contribution in [3.05, 3.63) is 0 Å². The van der Waals surface area contributed by atoms with Crippen molar-refractivity contribution >= 4 is 19.8 Å². The molecule has 1 nitrogen and oxygen atoms in total. The first kappa shape index (κ1) is 8.78. The van der Waals surface area contributed by atoms with E-state index < -0.39 is 19.8 Å².